The molecule has 1 aromatic heterocycles. The Morgan fingerprint density at radius 1 is 0.931 bits per heavy atom. The summed E-state index contributed by atoms with van der Waals surface area (Å²) in [6, 6.07) is 16.9. The summed E-state index contributed by atoms with van der Waals surface area (Å²) < 4.78 is 5.54. The highest BCUT2D eigenvalue weighted by Gasteiger charge is 2.12. The maximum atomic E-state index is 12.5. The third kappa shape index (κ3) is 5.76. The van der Waals surface area contributed by atoms with Gasteiger partial charge in [0.25, 0.3) is 0 Å². The summed E-state index contributed by atoms with van der Waals surface area (Å²) in [5, 5.41) is 3.27. The van der Waals surface area contributed by atoms with Gasteiger partial charge in [-0.1, -0.05) is 11.6 Å². The summed E-state index contributed by atoms with van der Waals surface area (Å²) in [6.45, 7) is 1.74. The van der Waals surface area contributed by atoms with Gasteiger partial charge in [0.2, 0.25) is 11.7 Å². The molecule has 2 aromatic carbocycles. The smallest absolute Gasteiger partial charge is 0.217 e. The fourth-order valence-corrected chi connectivity index (χ4v) is 3.52. The molecule has 1 N–H and O–H groups in total. The van der Waals surface area contributed by atoms with Gasteiger partial charge < -0.3 is 10.1 Å². The van der Waals surface area contributed by atoms with Crippen molar-refractivity contribution >= 4 is 40.4 Å². The summed E-state index contributed by atoms with van der Waals surface area (Å²) in [6.07, 6.45) is 0. The third-order valence-corrected chi connectivity index (χ3v) is 5.42. The van der Waals surface area contributed by atoms with Crippen molar-refractivity contribution in [2.75, 3.05) is 6.61 Å². The van der Waals surface area contributed by atoms with Crippen LogP contribution >= 0.6 is 22.9 Å². The van der Waals surface area contributed by atoms with Gasteiger partial charge in [0.15, 0.2) is 12.4 Å². The maximum absolute atomic E-state index is 12.5. The van der Waals surface area contributed by atoms with Crippen molar-refractivity contribution in [3.8, 4) is 5.75 Å². The SMILES string of the molecule is CC(=O)NCc1ccc(C(=O)COc2ccc(C(=O)c3ccc(Cl)cc3)cc2)s1. The van der Waals surface area contributed by atoms with Crippen LogP contribution in [0.2, 0.25) is 5.02 Å². The van der Waals surface area contributed by atoms with Gasteiger partial charge in [0, 0.05) is 28.0 Å². The van der Waals surface area contributed by atoms with Gasteiger partial charge in [-0.3, -0.25) is 14.4 Å². The van der Waals surface area contributed by atoms with E-state index in [1.807, 2.05) is 6.07 Å². The van der Waals surface area contributed by atoms with E-state index in [0.29, 0.717) is 33.3 Å². The highest BCUT2D eigenvalue weighted by atomic mass is 35.5. The Labute approximate surface area is 177 Å². The van der Waals surface area contributed by atoms with E-state index < -0.39 is 0 Å². The van der Waals surface area contributed by atoms with Crippen LogP contribution < -0.4 is 10.1 Å². The van der Waals surface area contributed by atoms with Crippen LogP contribution in [0.15, 0.2) is 60.7 Å². The second kappa shape index (κ2) is 9.49. The molecule has 0 saturated heterocycles. The maximum Gasteiger partial charge on any atom is 0.217 e. The number of thiophene rings is 1. The predicted octanol–water partition coefficient (Wildman–Crippen LogP) is 4.53. The van der Waals surface area contributed by atoms with Gasteiger partial charge >= 0.3 is 0 Å². The zero-order valence-electron chi connectivity index (χ0n) is 15.6. The second-order valence-electron chi connectivity index (χ2n) is 6.25. The lowest BCUT2D eigenvalue weighted by Crippen LogP contribution is -2.18. The minimum absolute atomic E-state index is 0.107. The van der Waals surface area contributed by atoms with E-state index in [4.69, 9.17) is 16.3 Å². The molecule has 7 heteroatoms. The molecule has 1 heterocycles. The Balaban J connectivity index is 1.56. The summed E-state index contributed by atoms with van der Waals surface area (Å²) >= 11 is 7.17. The monoisotopic (exact) mass is 427 g/mol. The van der Waals surface area contributed by atoms with Crippen molar-refractivity contribution in [2.45, 2.75) is 13.5 Å². The molecular formula is C22H18ClNO4S. The number of ketones is 2. The van der Waals surface area contributed by atoms with E-state index >= 15 is 0 Å². The van der Waals surface area contributed by atoms with Crippen molar-refractivity contribution in [3.63, 3.8) is 0 Å². The Kier molecular flexibility index (Phi) is 6.80. The third-order valence-electron chi connectivity index (χ3n) is 4.04. The summed E-state index contributed by atoms with van der Waals surface area (Å²) in [7, 11) is 0. The van der Waals surface area contributed by atoms with E-state index in [1.165, 1.54) is 18.3 Å². The first-order chi connectivity index (χ1) is 13.9. The molecule has 0 unspecified atom stereocenters. The fourth-order valence-electron chi connectivity index (χ4n) is 2.52. The highest BCUT2D eigenvalue weighted by Crippen LogP contribution is 2.19. The molecule has 0 saturated carbocycles. The molecule has 0 aliphatic carbocycles. The molecular weight excluding hydrogens is 410 g/mol. The van der Waals surface area contributed by atoms with Gasteiger partial charge in [-0.15, -0.1) is 11.3 Å². The van der Waals surface area contributed by atoms with Crippen molar-refractivity contribution in [2.24, 2.45) is 0 Å². The molecule has 0 atom stereocenters. The van der Waals surface area contributed by atoms with Crippen LogP contribution in [0.5, 0.6) is 5.75 Å². The number of carbonyl (C=O) groups is 3. The minimum Gasteiger partial charge on any atom is -0.485 e. The number of ether oxygens (including phenoxy) is 1. The molecule has 0 fully saturated rings. The molecule has 0 spiro atoms. The van der Waals surface area contributed by atoms with Crippen molar-refractivity contribution in [1.82, 2.24) is 5.32 Å². The first-order valence-electron chi connectivity index (χ1n) is 8.82. The van der Waals surface area contributed by atoms with E-state index in [0.717, 1.165) is 4.88 Å². The quantitative estimate of drug-likeness (QED) is 0.536. The lowest BCUT2D eigenvalue weighted by atomic mass is 10.0. The number of hydrogen-bond acceptors (Lipinski definition) is 5. The van der Waals surface area contributed by atoms with Crippen LogP contribution in [0.1, 0.15) is 37.4 Å². The van der Waals surface area contributed by atoms with Crippen LogP contribution in [0.25, 0.3) is 0 Å². The highest BCUT2D eigenvalue weighted by molar-refractivity contribution is 7.14. The van der Waals surface area contributed by atoms with Gasteiger partial charge in [-0.2, -0.15) is 0 Å². The second-order valence-corrected chi connectivity index (χ2v) is 7.85. The van der Waals surface area contributed by atoms with Gasteiger partial charge in [0.05, 0.1) is 11.4 Å². The first kappa shape index (κ1) is 20.8. The fraction of sp³-hybridized carbons (Fsp3) is 0.136. The molecule has 0 radical (unpaired) electrons. The van der Waals surface area contributed by atoms with Crippen molar-refractivity contribution in [1.29, 1.82) is 0 Å². The normalized spacial score (nSPS) is 10.4. The zero-order chi connectivity index (χ0) is 20.8. The number of halogens is 1. The lowest BCUT2D eigenvalue weighted by molar-refractivity contribution is -0.119. The Bertz CT molecular complexity index is 1030. The number of Topliss-reactive ketones (excluding diaryl/α,β-unsaturated/α-hetero) is 1. The molecule has 29 heavy (non-hydrogen) atoms. The molecule has 1 amide bonds. The number of hydrogen-bond donors (Lipinski definition) is 1. The van der Waals surface area contributed by atoms with E-state index in [-0.39, 0.29) is 24.1 Å². The molecule has 3 rings (SSSR count). The van der Waals surface area contributed by atoms with E-state index in [1.54, 1.807) is 54.6 Å². The number of nitrogens with one attached hydrogen (secondary N) is 1. The Hall–Kier alpha value is -2.96. The van der Waals surface area contributed by atoms with Crippen molar-refractivity contribution < 1.29 is 19.1 Å². The average molecular weight is 428 g/mol. The number of carbonyl (C=O) groups excluding carboxylic acids is 3. The summed E-state index contributed by atoms with van der Waals surface area (Å²) in [5.41, 5.74) is 1.07. The van der Waals surface area contributed by atoms with Crippen LogP contribution in [0.3, 0.4) is 0 Å². The summed E-state index contributed by atoms with van der Waals surface area (Å²) in [4.78, 5) is 37.2. The van der Waals surface area contributed by atoms with Crippen LogP contribution in [-0.4, -0.2) is 24.1 Å². The minimum atomic E-state index is -0.148. The summed E-state index contributed by atoms with van der Waals surface area (Å²) in [5.74, 6) is 0.119. The molecule has 3 aromatic rings. The first-order valence-corrected chi connectivity index (χ1v) is 10.0. The van der Waals surface area contributed by atoms with Crippen LogP contribution in [-0.2, 0) is 11.3 Å². The standard InChI is InChI=1S/C22H18ClNO4S/c1-14(25)24-12-19-10-11-21(29-19)20(26)13-28-18-8-4-16(5-9-18)22(27)15-2-6-17(23)7-3-15/h2-11H,12-13H2,1H3,(H,24,25). The molecule has 5 nitrogen and oxygen atoms in total. The van der Waals surface area contributed by atoms with E-state index in [2.05, 4.69) is 5.32 Å². The van der Waals surface area contributed by atoms with Crippen LogP contribution in [0, 0.1) is 0 Å². The predicted molar refractivity (Wildman–Crippen MR) is 113 cm³/mol. The Morgan fingerprint density at radius 2 is 1.55 bits per heavy atom. The van der Waals surface area contributed by atoms with Gasteiger partial charge in [0.1, 0.15) is 5.75 Å². The topological polar surface area (TPSA) is 72.5 Å². The molecule has 0 aliphatic rings. The van der Waals surface area contributed by atoms with Crippen LogP contribution in [0.4, 0.5) is 0 Å². The molecule has 0 bridgehead atoms. The number of rotatable bonds is 8. The van der Waals surface area contributed by atoms with Gasteiger partial charge in [-0.25, -0.2) is 0 Å². The number of benzene rings is 2. The van der Waals surface area contributed by atoms with Gasteiger partial charge in [-0.05, 0) is 60.7 Å². The zero-order valence-corrected chi connectivity index (χ0v) is 17.2. The largest absolute Gasteiger partial charge is 0.485 e. The Morgan fingerprint density at radius 3 is 2.17 bits per heavy atom. The van der Waals surface area contributed by atoms with E-state index in [9.17, 15) is 14.4 Å². The average Bonchev–Trinajstić information content (AvgIpc) is 3.20. The number of amides is 1. The van der Waals surface area contributed by atoms with Crippen molar-refractivity contribution in [3.05, 3.63) is 86.6 Å². The molecule has 148 valence electrons. The lowest BCUT2D eigenvalue weighted by Gasteiger charge is -2.06. The molecule has 0 aliphatic heterocycles.